The molecule has 3 nitrogen and oxygen atoms in total. The van der Waals surface area contributed by atoms with Gasteiger partial charge in [-0.05, 0) is 79.2 Å². The summed E-state index contributed by atoms with van der Waals surface area (Å²) in [4.78, 5) is 11.2. The molecule has 0 aromatic rings. The van der Waals surface area contributed by atoms with Gasteiger partial charge in [0.05, 0.1) is 8.07 Å². The zero-order valence-electron chi connectivity index (χ0n) is 19.5. The van der Waals surface area contributed by atoms with Crippen LogP contribution in [-0.4, -0.2) is 19.9 Å². The van der Waals surface area contributed by atoms with E-state index < -0.39 is 14.2 Å². The Labute approximate surface area is 174 Å². The first-order valence-electron chi connectivity index (χ1n) is 10.5. The monoisotopic (exact) mass is 405 g/mol. The van der Waals surface area contributed by atoms with Gasteiger partial charge in [-0.2, -0.15) is 0 Å². The number of carbonyl (C=O) groups is 1. The lowest BCUT2D eigenvalue weighted by atomic mass is 10.0. The molecule has 0 fully saturated rings. The number of hydrogen-bond donors (Lipinski definition) is 1. The summed E-state index contributed by atoms with van der Waals surface area (Å²) in [6, 6.07) is 0. The molecule has 0 saturated carbocycles. The Morgan fingerprint density at radius 3 is 1.64 bits per heavy atom. The Hall–Kier alpha value is -1.55. The van der Waals surface area contributed by atoms with E-state index in [0.717, 1.165) is 38.5 Å². The lowest BCUT2D eigenvalue weighted by Gasteiger charge is -2.25. The minimum Gasteiger partial charge on any atom is -0.446 e. The standard InChI is InChI=1S/C24H43NO2Si/c1-19(2)12-9-13-20(3)14-10-15-21(4)16-11-17-22(5)18-23(27-24(25)26)28(6,7)8/h12,14,16,18,23H,9-11,13,15,17H2,1-8H3,(H2,25,26)/b20-14+,21-16+,22-18+/t23-/m1/s1. The number of carbonyl (C=O) groups excluding carboxylic acids is 1. The molecule has 0 aliphatic rings. The van der Waals surface area contributed by atoms with E-state index in [1.165, 1.54) is 22.3 Å². The van der Waals surface area contributed by atoms with Gasteiger partial charge in [0.15, 0.2) is 0 Å². The van der Waals surface area contributed by atoms with E-state index in [0.29, 0.717) is 0 Å². The van der Waals surface area contributed by atoms with E-state index in [9.17, 15) is 4.79 Å². The number of nitrogens with two attached hydrogens (primary N) is 1. The highest BCUT2D eigenvalue weighted by atomic mass is 28.3. The summed E-state index contributed by atoms with van der Waals surface area (Å²) in [5.74, 6) is 0. The van der Waals surface area contributed by atoms with E-state index in [4.69, 9.17) is 10.5 Å². The smallest absolute Gasteiger partial charge is 0.404 e. The van der Waals surface area contributed by atoms with Crippen molar-refractivity contribution in [2.24, 2.45) is 5.73 Å². The molecule has 2 N–H and O–H groups in total. The molecule has 160 valence electrons. The van der Waals surface area contributed by atoms with Crippen molar-refractivity contribution in [3.05, 3.63) is 46.6 Å². The van der Waals surface area contributed by atoms with Gasteiger partial charge in [-0.3, -0.25) is 0 Å². The van der Waals surface area contributed by atoms with Gasteiger partial charge >= 0.3 is 6.09 Å². The zero-order valence-corrected chi connectivity index (χ0v) is 20.5. The van der Waals surface area contributed by atoms with Gasteiger partial charge in [0.25, 0.3) is 0 Å². The van der Waals surface area contributed by atoms with Crippen molar-refractivity contribution in [1.29, 1.82) is 0 Å². The maximum Gasteiger partial charge on any atom is 0.404 e. The summed E-state index contributed by atoms with van der Waals surface area (Å²) in [5, 5.41) is 0. The first-order valence-corrected chi connectivity index (χ1v) is 14.1. The molecule has 1 amide bonds. The lowest BCUT2D eigenvalue weighted by Crippen LogP contribution is -2.41. The normalized spacial score (nSPS) is 14.6. The second-order valence-electron chi connectivity index (χ2n) is 9.23. The van der Waals surface area contributed by atoms with Crippen LogP contribution in [-0.2, 0) is 4.74 Å². The summed E-state index contributed by atoms with van der Waals surface area (Å²) in [6.45, 7) is 17.4. The lowest BCUT2D eigenvalue weighted by molar-refractivity contribution is 0.153. The van der Waals surface area contributed by atoms with Crippen molar-refractivity contribution < 1.29 is 9.53 Å². The second-order valence-corrected chi connectivity index (χ2v) is 14.5. The molecular weight excluding hydrogens is 362 g/mol. The third-order valence-corrected chi connectivity index (χ3v) is 6.68. The first kappa shape index (κ1) is 26.4. The molecule has 28 heavy (non-hydrogen) atoms. The van der Waals surface area contributed by atoms with Crippen molar-refractivity contribution in [1.82, 2.24) is 0 Å². The number of ether oxygens (including phenoxy) is 1. The molecule has 0 unspecified atom stereocenters. The number of rotatable bonds is 12. The molecule has 0 aromatic heterocycles. The van der Waals surface area contributed by atoms with Gasteiger partial charge in [0.1, 0.15) is 5.73 Å². The molecule has 0 heterocycles. The quantitative estimate of drug-likeness (QED) is 0.270. The number of hydrogen-bond acceptors (Lipinski definition) is 2. The van der Waals surface area contributed by atoms with Crippen LogP contribution < -0.4 is 5.73 Å². The predicted octanol–water partition coefficient (Wildman–Crippen LogP) is 7.47. The van der Waals surface area contributed by atoms with E-state index in [2.05, 4.69) is 78.6 Å². The third kappa shape index (κ3) is 14.5. The maximum absolute atomic E-state index is 11.2. The van der Waals surface area contributed by atoms with Crippen LogP contribution in [0.15, 0.2) is 46.6 Å². The van der Waals surface area contributed by atoms with Crippen LogP contribution in [0.5, 0.6) is 0 Å². The Balaban J connectivity index is 4.45. The molecule has 0 aromatic carbocycles. The molecule has 0 saturated heterocycles. The fraction of sp³-hybridized carbons (Fsp3) is 0.625. The van der Waals surface area contributed by atoms with Gasteiger partial charge in [0.2, 0.25) is 0 Å². The van der Waals surface area contributed by atoms with Gasteiger partial charge < -0.3 is 10.5 Å². The second kappa shape index (κ2) is 13.6. The number of allylic oxidation sites excluding steroid dienone is 7. The summed E-state index contributed by atoms with van der Waals surface area (Å²) in [7, 11) is -1.64. The largest absolute Gasteiger partial charge is 0.446 e. The minimum absolute atomic E-state index is 0.158. The van der Waals surface area contributed by atoms with Crippen molar-refractivity contribution in [2.75, 3.05) is 0 Å². The molecule has 0 aliphatic carbocycles. The third-order valence-electron chi connectivity index (χ3n) is 4.69. The van der Waals surface area contributed by atoms with Crippen LogP contribution in [0.25, 0.3) is 0 Å². The minimum atomic E-state index is -1.64. The average molecular weight is 406 g/mol. The molecule has 0 rings (SSSR count). The van der Waals surface area contributed by atoms with Crippen LogP contribution in [0, 0.1) is 0 Å². The van der Waals surface area contributed by atoms with Crippen LogP contribution in [0.3, 0.4) is 0 Å². The number of amides is 1. The molecule has 1 atom stereocenters. The predicted molar refractivity (Wildman–Crippen MR) is 126 cm³/mol. The van der Waals surface area contributed by atoms with Crippen molar-refractivity contribution in [2.45, 2.75) is 98.5 Å². The Bertz CT molecular complexity index is 603. The Kier molecular flexibility index (Phi) is 12.8. The van der Waals surface area contributed by atoms with Crippen LogP contribution in [0.2, 0.25) is 19.6 Å². The van der Waals surface area contributed by atoms with Crippen molar-refractivity contribution in [3.63, 3.8) is 0 Å². The van der Waals surface area contributed by atoms with Gasteiger partial charge in [-0.25, -0.2) is 4.79 Å². The van der Waals surface area contributed by atoms with E-state index in [-0.39, 0.29) is 5.73 Å². The fourth-order valence-electron chi connectivity index (χ4n) is 2.81. The summed E-state index contributed by atoms with van der Waals surface area (Å²) < 4.78 is 5.33. The molecule has 4 heteroatoms. The SMILES string of the molecule is CC(C)=CCC/C(C)=C/CC/C(C)=C/CC/C(C)=C/[C@H](OC(N)=O)[Si](C)(C)C. The molecule has 0 aliphatic heterocycles. The Morgan fingerprint density at radius 2 is 1.25 bits per heavy atom. The average Bonchev–Trinajstić information content (AvgIpc) is 2.52. The van der Waals surface area contributed by atoms with Crippen LogP contribution in [0.1, 0.15) is 73.1 Å². The molecule has 0 spiro atoms. The summed E-state index contributed by atoms with van der Waals surface area (Å²) in [6.07, 6.45) is 15.0. The van der Waals surface area contributed by atoms with E-state index >= 15 is 0 Å². The highest BCUT2D eigenvalue weighted by Gasteiger charge is 2.28. The van der Waals surface area contributed by atoms with Gasteiger partial charge in [-0.15, -0.1) is 0 Å². The van der Waals surface area contributed by atoms with Gasteiger partial charge in [-0.1, -0.05) is 60.2 Å². The molecule has 0 radical (unpaired) electrons. The maximum atomic E-state index is 11.2. The number of primary amides is 1. The van der Waals surface area contributed by atoms with Crippen LogP contribution >= 0.6 is 0 Å². The highest BCUT2D eigenvalue weighted by molar-refractivity contribution is 6.77. The zero-order chi connectivity index (χ0) is 21.7. The molecular formula is C24H43NO2Si. The van der Waals surface area contributed by atoms with Gasteiger partial charge in [0, 0.05) is 0 Å². The first-order chi connectivity index (χ1) is 12.9. The Morgan fingerprint density at radius 1 is 0.821 bits per heavy atom. The summed E-state index contributed by atoms with van der Waals surface area (Å²) >= 11 is 0. The van der Waals surface area contributed by atoms with Crippen molar-refractivity contribution >= 4 is 14.2 Å². The topological polar surface area (TPSA) is 52.3 Å². The highest BCUT2D eigenvalue weighted by Crippen LogP contribution is 2.18. The van der Waals surface area contributed by atoms with Crippen molar-refractivity contribution in [3.8, 4) is 0 Å². The fourth-order valence-corrected chi connectivity index (χ4v) is 4.07. The molecule has 0 bridgehead atoms. The van der Waals surface area contributed by atoms with E-state index in [1.807, 2.05) is 0 Å². The van der Waals surface area contributed by atoms with Crippen LogP contribution in [0.4, 0.5) is 4.79 Å². The summed E-state index contributed by atoms with van der Waals surface area (Å²) in [5.41, 5.74) is 10.6. The van der Waals surface area contributed by atoms with E-state index in [1.54, 1.807) is 0 Å².